The normalized spacial score (nSPS) is 36.0. The summed E-state index contributed by atoms with van der Waals surface area (Å²) in [7, 11) is 0. The summed E-state index contributed by atoms with van der Waals surface area (Å²) in [5.74, 6) is 0. The van der Waals surface area contributed by atoms with Crippen LogP contribution in [0, 0.1) is 5.41 Å². The van der Waals surface area contributed by atoms with Gasteiger partial charge in [-0.3, -0.25) is 0 Å². The predicted molar refractivity (Wildman–Crippen MR) is 65.2 cm³/mol. The van der Waals surface area contributed by atoms with Crippen molar-refractivity contribution in [2.24, 2.45) is 5.41 Å². The zero-order valence-corrected chi connectivity index (χ0v) is 10.1. The van der Waals surface area contributed by atoms with Crippen LogP contribution in [0.25, 0.3) is 0 Å². The standard InChI is InChI=1S/C14H23NO/c1-4-10-16-12(5-1)11-15-13-6-9-14(13)7-2-3-8-14/h4,10,12-13,15H,1-3,5-9,11H2. The summed E-state index contributed by atoms with van der Waals surface area (Å²) in [6, 6.07) is 0.796. The van der Waals surface area contributed by atoms with E-state index in [-0.39, 0.29) is 0 Å². The molecule has 0 saturated heterocycles. The van der Waals surface area contributed by atoms with E-state index in [0.717, 1.165) is 12.6 Å². The van der Waals surface area contributed by atoms with Crippen molar-refractivity contribution in [1.82, 2.24) is 5.32 Å². The maximum Gasteiger partial charge on any atom is 0.110 e. The lowest BCUT2D eigenvalue weighted by Gasteiger charge is -2.48. The summed E-state index contributed by atoms with van der Waals surface area (Å²) in [5.41, 5.74) is 0.699. The Hall–Kier alpha value is -0.500. The molecular weight excluding hydrogens is 198 g/mol. The van der Waals surface area contributed by atoms with Crippen molar-refractivity contribution in [2.45, 2.75) is 63.5 Å². The molecule has 16 heavy (non-hydrogen) atoms. The van der Waals surface area contributed by atoms with Gasteiger partial charge >= 0.3 is 0 Å². The summed E-state index contributed by atoms with van der Waals surface area (Å²) >= 11 is 0. The smallest absolute Gasteiger partial charge is 0.110 e. The Bertz CT molecular complexity index is 268. The van der Waals surface area contributed by atoms with Gasteiger partial charge in [0.1, 0.15) is 6.10 Å². The second-order valence-corrected chi connectivity index (χ2v) is 5.78. The van der Waals surface area contributed by atoms with Crippen molar-refractivity contribution >= 4 is 0 Å². The average molecular weight is 221 g/mol. The zero-order valence-electron chi connectivity index (χ0n) is 10.1. The molecule has 0 radical (unpaired) electrons. The first kappa shape index (κ1) is 10.6. The molecule has 1 aliphatic heterocycles. The van der Waals surface area contributed by atoms with Gasteiger partial charge in [-0.1, -0.05) is 12.8 Å². The van der Waals surface area contributed by atoms with E-state index in [9.17, 15) is 0 Å². The van der Waals surface area contributed by atoms with Crippen LogP contribution in [0.15, 0.2) is 12.3 Å². The molecule has 1 spiro atoms. The Balaban J connectivity index is 1.46. The molecule has 0 aromatic heterocycles. The molecule has 0 amide bonds. The first-order chi connectivity index (χ1) is 7.89. The average Bonchev–Trinajstić information content (AvgIpc) is 2.81. The molecule has 2 aliphatic carbocycles. The van der Waals surface area contributed by atoms with E-state index in [1.54, 1.807) is 0 Å². The fourth-order valence-electron chi connectivity index (χ4n) is 3.70. The quantitative estimate of drug-likeness (QED) is 0.791. The molecule has 2 heteroatoms. The first-order valence-corrected chi connectivity index (χ1v) is 6.93. The van der Waals surface area contributed by atoms with Crippen LogP contribution >= 0.6 is 0 Å². The molecule has 2 atom stereocenters. The van der Waals surface area contributed by atoms with Crippen LogP contribution in [0.1, 0.15) is 51.4 Å². The number of ether oxygens (including phenoxy) is 1. The summed E-state index contributed by atoms with van der Waals surface area (Å²) in [4.78, 5) is 0. The van der Waals surface area contributed by atoms with E-state index in [2.05, 4.69) is 11.4 Å². The third-order valence-corrected chi connectivity index (χ3v) is 4.88. The Morgan fingerprint density at radius 1 is 1.19 bits per heavy atom. The van der Waals surface area contributed by atoms with Gasteiger partial charge in [0.2, 0.25) is 0 Å². The molecule has 2 fully saturated rings. The van der Waals surface area contributed by atoms with Crippen LogP contribution < -0.4 is 5.32 Å². The van der Waals surface area contributed by atoms with Gasteiger partial charge in [0.05, 0.1) is 6.26 Å². The summed E-state index contributed by atoms with van der Waals surface area (Å²) < 4.78 is 5.60. The summed E-state index contributed by atoms with van der Waals surface area (Å²) in [5, 5.41) is 3.76. The van der Waals surface area contributed by atoms with Crippen LogP contribution in [0.4, 0.5) is 0 Å². The lowest BCUT2D eigenvalue weighted by atomic mass is 9.63. The molecular formula is C14H23NO. The number of rotatable bonds is 3. The van der Waals surface area contributed by atoms with E-state index >= 15 is 0 Å². The van der Waals surface area contributed by atoms with Crippen LogP contribution in [0.2, 0.25) is 0 Å². The lowest BCUT2D eigenvalue weighted by molar-refractivity contribution is 0.0515. The molecule has 90 valence electrons. The molecule has 0 bridgehead atoms. The SMILES string of the molecule is C1=COC(CNC2CCC23CCCC3)CC1. The van der Waals surface area contributed by atoms with E-state index in [0.29, 0.717) is 11.5 Å². The second kappa shape index (κ2) is 4.40. The van der Waals surface area contributed by atoms with E-state index in [4.69, 9.17) is 4.74 Å². The Morgan fingerprint density at radius 2 is 2.06 bits per heavy atom. The number of allylic oxidation sites excluding steroid dienone is 1. The van der Waals surface area contributed by atoms with Crippen molar-refractivity contribution in [1.29, 1.82) is 0 Å². The second-order valence-electron chi connectivity index (χ2n) is 5.78. The van der Waals surface area contributed by atoms with Gasteiger partial charge in [0.15, 0.2) is 0 Å². The van der Waals surface area contributed by atoms with E-state index < -0.39 is 0 Å². The van der Waals surface area contributed by atoms with Crippen molar-refractivity contribution in [3.05, 3.63) is 12.3 Å². The van der Waals surface area contributed by atoms with Crippen molar-refractivity contribution in [3.8, 4) is 0 Å². The maximum absolute atomic E-state index is 5.60. The highest BCUT2D eigenvalue weighted by atomic mass is 16.5. The van der Waals surface area contributed by atoms with Crippen molar-refractivity contribution < 1.29 is 4.74 Å². The van der Waals surface area contributed by atoms with Gasteiger partial charge in [0.25, 0.3) is 0 Å². The molecule has 2 saturated carbocycles. The van der Waals surface area contributed by atoms with Gasteiger partial charge in [-0.25, -0.2) is 0 Å². The van der Waals surface area contributed by atoms with Crippen molar-refractivity contribution in [2.75, 3.05) is 6.54 Å². The van der Waals surface area contributed by atoms with Crippen LogP contribution in [0.5, 0.6) is 0 Å². The molecule has 3 aliphatic rings. The van der Waals surface area contributed by atoms with Crippen LogP contribution in [0.3, 0.4) is 0 Å². The largest absolute Gasteiger partial charge is 0.497 e. The fraction of sp³-hybridized carbons (Fsp3) is 0.857. The topological polar surface area (TPSA) is 21.3 Å². The highest BCUT2D eigenvalue weighted by Gasteiger charge is 2.47. The number of hydrogen-bond donors (Lipinski definition) is 1. The molecule has 0 aromatic carbocycles. The summed E-state index contributed by atoms with van der Waals surface area (Å²) in [6.45, 7) is 1.05. The van der Waals surface area contributed by atoms with Crippen LogP contribution in [-0.2, 0) is 4.74 Å². The first-order valence-electron chi connectivity index (χ1n) is 6.93. The zero-order chi connectivity index (χ0) is 10.8. The maximum atomic E-state index is 5.60. The highest BCUT2D eigenvalue weighted by Crippen LogP contribution is 2.53. The monoisotopic (exact) mass is 221 g/mol. The molecule has 3 rings (SSSR count). The van der Waals surface area contributed by atoms with Gasteiger partial charge < -0.3 is 10.1 Å². The van der Waals surface area contributed by atoms with E-state index in [1.165, 1.54) is 51.4 Å². The minimum absolute atomic E-state index is 0.420. The molecule has 0 aromatic rings. The van der Waals surface area contributed by atoms with Gasteiger partial charge in [0, 0.05) is 12.6 Å². The van der Waals surface area contributed by atoms with Crippen molar-refractivity contribution in [3.63, 3.8) is 0 Å². The summed E-state index contributed by atoms with van der Waals surface area (Å²) in [6.07, 6.45) is 15.5. The Morgan fingerprint density at radius 3 is 2.69 bits per heavy atom. The lowest BCUT2D eigenvalue weighted by Crippen LogP contribution is -2.53. The third-order valence-electron chi connectivity index (χ3n) is 4.88. The molecule has 1 N–H and O–H groups in total. The fourth-order valence-corrected chi connectivity index (χ4v) is 3.70. The molecule has 2 nitrogen and oxygen atoms in total. The minimum atomic E-state index is 0.420. The number of hydrogen-bond acceptors (Lipinski definition) is 2. The van der Waals surface area contributed by atoms with Gasteiger partial charge in [-0.05, 0) is 50.0 Å². The van der Waals surface area contributed by atoms with Crippen LogP contribution in [-0.4, -0.2) is 18.7 Å². The Kier molecular flexibility index (Phi) is 2.93. The third kappa shape index (κ3) is 1.88. The highest BCUT2D eigenvalue weighted by molar-refractivity contribution is 5.03. The minimum Gasteiger partial charge on any atom is -0.497 e. The van der Waals surface area contributed by atoms with Gasteiger partial charge in [-0.15, -0.1) is 0 Å². The Labute approximate surface area is 98.4 Å². The van der Waals surface area contributed by atoms with Gasteiger partial charge in [-0.2, -0.15) is 0 Å². The van der Waals surface area contributed by atoms with E-state index in [1.807, 2.05) is 6.26 Å². The predicted octanol–water partition coefficient (Wildman–Crippen LogP) is 2.99. The molecule has 1 heterocycles. The number of nitrogens with one attached hydrogen (secondary N) is 1. The molecule has 2 unspecified atom stereocenters.